The molecule has 2 aliphatic rings. The Balaban J connectivity index is 1.93. The Morgan fingerprint density at radius 2 is 1.62 bits per heavy atom. The summed E-state index contributed by atoms with van der Waals surface area (Å²) >= 11 is 6.13. The molecular formula is C32H37ClN4. The maximum absolute atomic E-state index is 6.13. The van der Waals surface area contributed by atoms with Crippen LogP contribution in [0.25, 0.3) is 39.3 Å². The van der Waals surface area contributed by atoms with Crippen LogP contribution in [-0.4, -0.2) is 25.8 Å². The fourth-order valence-electron chi connectivity index (χ4n) is 5.97. The van der Waals surface area contributed by atoms with Crippen LogP contribution in [0.5, 0.6) is 0 Å². The highest BCUT2D eigenvalue weighted by molar-refractivity contribution is 6.17. The second-order valence-corrected chi connectivity index (χ2v) is 10.9. The van der Waals surface area contributed by atoms with Gasteiger partial charge in [0.25, 0.3) is 0 Å². The number of aromatic nitrogens is 4. The molecule has 1 unspecified atom stereocenters. The molecule has 5 heteroatoms. The van der Waals surface area contributed by atoms with E-state index in [0.29, 0.717) is 17.7 Å². The first-order valence-electron chi connectivity index (χ1n) is 13.4. The lowest BCUT2D eigenvalue weighted by atomic mass is 9.86. The van der Waals surface area contributed by atoms with Gasteiger partial charge in [0.2, 0.25) is 0 Å². The van der Waals surface area contributed by atoms with E-state index in [0.717, 1.165) is 64.0 Å². The minimum Gasteiger partial charge on any atom is -0.355 e. The van der Waals surface area contributed by atoms with Gasteiger partial charge in [-0.25, -0.2) is 4.98 Å². The highest BCUT2D eigenvalue weighted by atomic mass is 35.5. The second kappa shape index (κ2) is 9.98. The normalized spacial score (nSPS) is 17.5. The van der Waals surface area contributed by atoms with E-state index in [1.807, 2.05) is 6.08 Å². The number of nitrogens with one attached hydrogen (secondary N) is 2. The van der Waals surface area contributed by atoms with Crippen molar-refractivity contribution in [3.05, 3.63) is 75.9 Å². The van der Waals surface area contributed by atoms with Crippen molar-refractivity contribution in [3.8, 4) is 0 Å². The van der Waals surface area contributed by atoms with Gasteiger partial charge in [0.15, 0.2) is 0 Å². The molecule has 5 rings (SSSR count). The van der Waals surface area contributed by atoms with Crippen LogP contribution in [0.1, 0.15) is 96.9 Å². The molecule has 0 aromatic carbocycles. The van der Waals surface area contributed by atoms with Crippen LogP contribution in [-0.2, 0) is 0 Å². The average Bonchev–Trinajstić information content (AvgIpc) is 3.57. The van der Waals surface area contributed by atoms with Crippen molar-refractivity contribution in [1.29, 1.82) is 0 Å². The first kappa shape index (κ1) is 25.5. The Labute approximate surface area is 224 Å². The van der Waals surface area contributed by atoms with Gasteiger partial charge in [-0.3, -0.25) is 4.98 Å². The van der Waals surface area contributed by atoms with E-state index >= 15 is 0 Å². The van der Waals surface area contributed by atoms with Crippen LogP contribution < -0.4 is 0 Å². The molecule has 2 atom stereocenters. The summed E-state index contributed by atoms with van der Waals surface area (Å²) in [6.45, 7) is 17.3. The number of halogens is 1. The third-order valence-electron chi connectivity index (χ3n) is 8.33. The SMILES string of the molecule is C=Cc1c(C)c2cc3nc(c(C)c4cc(C)c(cc5nc(cc1[nH]2)C(C)=C5CC)[nH]4)[C@@H](CCCCl)C3C. The molecule has 2 N–H and O–H groups in total. The Morgan fingerprint density at radius 1 is 0.919 bits per heavy atom. The Morgan fingerprint density at radius 3 is 2.32 bits per heavy atom. The third kappa shape index (κ3) is 4.35. The van der Waals surface area contributed by atoms with Crippen LogP contribution in [0.15, 0.2) is 30.8 Å². The topological polar surface area (TPSA) is 57.4 Å². The minimum atomic E-state index is 0.307. The lowest BCUT2D eigenvalue weighted by molar-refractivity contribution is 0.549. The number of rotatable bonds is 5. The molecule has 3 aromatic heterocycles. The van der Waals surface area contributed by atoms with Gasteiger partial charge in [0.1, 0.15) is 0 Å². The molecule has 0 amide bonds. The van der Waals surface area contributed by atoms with E-state index in [1.54, 1.807) is 0 Å². The zero-order chi connectivity index (χ0) is 26.4. The van der Waals surface area contributed by atoms with Gasteiger partial charge in [-0.05, 0) is 99.1 Å². The summed E-state index contributed by atoms with van der Waals surface area (Å²) in [5, 5.41) is 0. The summed E-state index contributed by atoms with van der Waals surface area (Å²) in [6.07, 6.45) is 4.88. The molecule has 2 aliphatic heterocycles. The highest BCUT2D eigenvalue weighted by Crippen LogP contribution is 2.42. The number of hydrogen-bond acceptors (Lipinski definition) is 2. The number of nitrogens with zero attached hydrogens (tertiary/aromatic N) is 2. The summed E-state index contributed by atoms with van der Waals surface area (Å²) in [7, 11) is 0. The number of alkyl halides is 1. The van der Waals surface area contributed by atoms with Gasteiger partial charge in [-0.15, -0.1) is 11.6 Å². The van der Waals surface area contributed by atoms with Gasteiger partial charge < -0.3 is 9.97 Å². The summed E-state index contributed by atoms with van der Waals surface area (Å²) < 4.78 is 0. The monoisotopic (exact) mass is 512 g/mol. The molecule has 37 heavy (non-hydrogen) atoms. The smallest absolute Gasteiger partial charge is 0.0693 e. The van der Waals surface area contributed by atoms with Gasteiger partial charge in [0, 0.05) is 56.7 Å². The number of H-pyrrole nitrogens is 2. The third-order valence-corrected chi connectivity index (χ3v) is 8.60. The first-order chi connectivity index (χ1) is 17.8. The molecular weight excluding hydrogens is 476 g/mol. The van der Waals surface area contributed by atoms with Crippen LogP contribution in [0.3, 0.4) is 0 Å². The molecule has 4 nitrogen and oxygen atoms in total. The molecule has 192 valence electrons. The van der Waals surface area contributed by atoms with Crippen molar-refractivity contribution in [2.24, 2.45) is 0 Å². The van der Waals surface area contributed by atoms with Crippen molar-refractivity contribution in [3.63, 3.8) is 0 Å². The van der Waals surface area contributed by atoms with Crippen molar-refractivity contribution in [2.45, 2.75) is 72.6 Å². The van der Waals surface area contributed by atoms with E-state index in [1.165, 1.54) is 33.5 Å². The predicted octanol–water partition coefficient (Wildman–Crippen LogP) is 9.13. The van der Waals surface area contributed by atoms with E-state index in [2.05, 4.69) is 82.4 Å². The number of aromatic amines is 2. The van der Waals surface area contributed by atoms with Crippen molar-refractivity contribution in [1.82, 2.24) is 19.9 Å². The lowest BCUT2D eigenvalue weighted by Gasteiger charge is -2.16. The van der Waals surface area contributed by atoms with Crippen molar-refractivity contribution < 1.29 is 0 Å². The molecule has 5 heterocycles. The summed E-state index contributed by atoms with van der Waals surface area (Å²) in [6, 6.07) is 8.86. The van der Waals surface area contributed by atoms with Crippen LogP contribution in [0, 0.1) is 20.8 Å². The second-order valence-electron chi connectivity index (χ2n) is 10.5. The number of fused-ring (bicyclic) bond motifs is 8. The summed E-state index contributed by atoms with van der Waals surface area (Å²) in [5.74, 6) is 1.31. The Bertz CT molecular complexity index is 1580. The van der Waals surface area contributed by atoms with E-state index in [-0.39, 0.29) is 0 Å². The zero-order valence-electron chi connectivity index (χ0n) is 22.8. The molecule has 0 saturated heterocycles. The maximum Gasteiger partial charge on any atom is 0.0693 e. The number of allylic oxidation sites excluding steroid dienone is 2. The van der Waals surface area contributed by atoms with Crippen molar-refractivity contribution in [2.75, 3.05) is 5.88 Å². The molecule has 8 bridgehead atoms. The molecule has 0 aliphatic carbocycles. The van der Waals surface area contributed by atoms with Gasteiger partial charge >= 0.3 is 0 Å². The molecule has 0 saturated carbocycles. The number of aryl methyl sites for hydroxylation is 3. The summed E-state index contributed by atoms with van der Waals surface area (Å²) in [4.78, 5) is 17.7. The van der Waals surface area contributed by atoms with Crippen LogP contribution >= 0.6 is 11.6 Å². The number of hydrogen-bond donors (Lipinski definition) is 2. The molecule has 0 fully saturated rings. The minimum absolute atomic E-state index is 0.307. The molecule has 3 aromatic rings. The standard InChI is InChI=1S/C32H37ClN4/c1-8-22-19(5)28-16-31-23(9-2)18(4)27(35-31)15-29-20(6)24(11-10-12-33)32(37-29)21(7)26-13-17(3)25(34-26)14-30(22)36-28/h9,13-16,20,24,34-35H,2,8,10-12H2,1,3-7H3/t20?,24-/m0/s1. The van der Waals surface area contributed by atoms with E-state index in [9.17, 15) is 0 Å². The Kier molecular flexibility index (Phi) is 6.89. The first-order valence-corrected chi connectivity index (χ1v) is 13.9. The summed E-state index contributed by atoms with van der Waals surface area (Å²) in [5.41, 5.74) is 15.9. The van der Waals surface area contributed by atoms with Crippen LogP contribution in [0.2, 0.25) is 0 Å². The fraction of sp³-hybridized carbons (Fsp3) is 0.375. The lowest BCUT2D eigenvalue weighted by Crippen LogP contribution is -2.04. The van der Waals surface area contributed by atoms with Gasteiger partial charge in [-0.2, -0.15) is 0 Å². The predicted molar refractivity (Wildman–Crippen MR) is 159 cm³/mol. The Hall–Kier alpha value is -3.11. The molecule has 0 radical (unpaired) electrons. The average molecular weight is 513 g/mol. The van der Waals surface area contributed by atoms with Crippen molar-refractivity contribution >= 4 is 50.9 Å². The van der Waals surface area contributed by atoms with Gasteiger partial charge in [-0.1, -0.05) is 26.5 Å². The van der Waals surface area contributed by atoms with E-state index in [4.69, 9.17) is 21.6 Å². The van der Waals surface area contributed by atoms with E-state index < -0.39 is 0 Å². The fourth-order valence-corrected chi connectivity index (χ4v) is 6.12. The largest absolute Gasteiger partial charge is 0.355 e. The van der Waals surface area contributed by atoms with Crippen LogP contribution in [0.4, 0.5) is 0 Å². The zero-order valence-corrected chi connectivity index (χ0v) is 23.6. The van der Waals surface area contributed by atoms with Gasteiger partial charge in [0.05, 0.1) is 11.4 Å². The maximum atomic E-state index is 6.13. The highest BCUT2D eigenvalue weighted by Gasteiger charge is 2.30. The quantitative estimate of drug-likeness (QED) is 0.335. The molecule has 0 spiro atoms.